The van der Waals surface area contributed by atoms with Gasteiger partial charge in [-0.05, 0) is 110 Å². The van der Waals surface area contributed by atoms with Crippen LogP contribution in [0.5, 0.6) is 0 Å². The van der Waals surface area contributed by atoms with Crippen molar-refractivity contribution in [3.8, 4) is 0 Å². The molecule has 0 N–H and O–H groups in total. The van der Waals surface area contributed by atoms with Crippen molar-refractivity contribution in [3.05, 3.63) is 41.5 Å². The molecule has 0 unspecified atom stereocenters. The van der Waals surface area contributed by atoms with Gasteiger partial charge in [-0.25, -0.2) is 0 Å². The Morgan fingerprint density at radius 3 is 2.82 bits per heavy atom. The van der Waals surface area contributed by atoms with Crippen LogP contribution in [0.1, 0.15) is 70.3 Å². The molecule has 2 heteroatoms. The number of carbonyl (C=O) groups is 1. The van der Waals surface area contributed by atoms with Crippen LogP contribution in [0, 0.1) is 28.6 Å². The third-order valence-electron chi connectivity index (χ3n) is 9.12. The molecule has 3 saturated carbocycles. The Bertz CT molecular complexity index is 810. The molecule has 4 aliphatic carbocycles. The molecule has 0 radical (unpaired) electrons. The Morgan fingerprint density at radius 1 is 1.07 bits per heavy atom. The van der Waals surface area contributed by atoms with Gasteiger partial charge in [-0.3, -0.25) is 4.79 Å². The summed E-state index contributed by atoms with van der Waals surface area (Å²) in [4.78, 5) is 13.7. The highest BCUT2D eigenvalue weighted by atomic mass is 32.2. The van der Waals surface area contributed by atoms with Crippen molar-refractivity contribution in [1.82, 2.24) is 0 Å². The van der Waals surface area contributed by atoms with Crippen LogP contribution in [0.25, 0.3) is 0 Å². The first kappa shape index (κ1) is 19.0. The molecule has 0 bridgehead atoms. The van der Waals surface area contributed by atoms with E-state index < -0.39 is 0 Å². The second-order valence-corrected chi connectivity index (χ2v) is 11.2. The molecule has 0 saturated heterocycles. The average molecular weight is 395 g/mol. The van der Waals surface area contributed by atoms with E-state index in [1.807, 2.05) is 11.8 Å². The van der Waals surface area contributed by atoms with Crippen LogP contribution in [-0.4, -0.2) is 12.0 Å². The van der Waals surface area contributed by atoms with Gasteiger partial charge in [-0.2, -0.15) is 0 Å². The summed E-state index contributed by atoms with van der Waals surface area (Å²) >= 11 is 1.84. The molecular formula is C26H34OS. The third-order valence-corrected chi connectivity index (χ3v) is 9.85. The zero-order valence-corrected chi connectivity index (χ0v) is 18.3. The zero-order chi connectivity index (χ0) is 19.4. The molecule has 1 aromatic carbocycles. The van der Waals surface area contributed by atoms with Crippen molar-refractivity contribution >= 4 is 17.5 Å². The van der Waals surface area contributed by atoms with E-state index in [1.54, 1.807) is 0 Å². The molecule has 28 heavy (non-hydrogen) atoms. The first-order valence-electron chi connectivity index (χ1n) is 11.4. The molecule has 3 fully saturated rings. The molecule has 1 nitrogen and oxygen atoms in total. The van der Waals surface area contributed by atoms with Gasteiger partial charge in [-0.1, -0.05) is 31.1 Å². The number of carbonyl (C=O) groups excluding carboxylic acids is 1. The maximum atomic E-state index is 12.3. The summed E-state index contributed by atoms with van der Waals surface area (Å²) in [6.07, 6.45) is 16.9. The molecule has 4 aliphatic rings. The van der Waals surface area contributed by atoms with E-state index in [-0.39, 0.29) is 5.41 Å². The fourth-order valence-corrected chi connectivity index (χ4v) is 8.32. The lowest BCUT2D eigenvalue weighted by Crippen LogP contribution is -2.51. The summed E-state index contributed by atoms with van der Waals surface area (Å²) < 4.78 is 0. The van der Waals surface area contributed by atoms with Crippen LogP contribution in [-0.2, 0) is 11.2 Å². The standard InChI is InChI=1S/C26H34OS/c1-25-12-4-7-23(25)22-9-8-19-16-20(27)10-14-26(19,24(22)11-13-25)17-18-5-3-6-21(15-18)28-2/h3,5-6,15-16,22-24H,4,7-14,17H2,1-2H3/t22-,23-,24+,25-,26+/m0/s1. The minimum atomic E-state index is 0.248. The van der Waals surface area contributed by atoms with E-state index in [4.69, 9.17) is 0 Å². The van der Waals surface area contributed by atoms with E-state index in [0.717, 1.165) is 37.0 Å². The Balaban J connectivity index is 1.54. The Kier molecular flexibility index (Phi) is 4.77. The normalized spacial score (nSPS) is 39.7. The van der Waals surface area contributed by atoms with Crippen molar-refractivity contribution in [2.24, 2.45) is 28.6 Å². The van der Waals surface area contributed by atoms with Crippen molar-refractivity contribution in [1.29, 1.82) is 0 Å². The van der Waals surface area contributed by atoms with E-state index in [9.17, 15) is 4.79 Å². The fourth-order valence-electron chi connectivity index (χ4n) is 7.83. The van der Waals surface area contributed by atoms with Crippen LogP contribution in [0.3, 0.4) is 0 Å². The highest BCUT2D eigenvalue weighted by Crippen LogP contribution is 2.66. The number of hydrogen-bond donors (Lipinski definition) is 0. The second kappa shape index (κ2) is 7.04. The molecule has 0 aromatic heterocycles. The molecule has 0 heterocycles. The van der Waals surface area contributed by atoms with Crippen LogP contribution in [0.2, 0.25) is 0 Å². The first-order chi connectivity index (χ1) is 13.5. The van der Waals surface area contributed by atoms with Crippen LogP contribution in [0.15, 0.2) is 40.8 Å². The number of fused-ring (bicyclic) bond motifs is 5. The molecular weight excluding hydrogens is 360 g/mol. The maximum Gasteiger partial charge on any atom is 0.155 e. The van der Waals surface area contributed by atoms with Gasteiger partial charge in [0.1, 0.15) is 0 Å². The average Bonchev–Trinajstić information content (AvgIpc) is 3.10. The van der Waals surface area contributed by atoms with Gasteiger partial charge < -0.3 is 0 Å². The van der Waals surface area contributed by atoms with Crippen LogP contribution >= 0.6 is 11.8 Å². The maximum absolute atomic E-state index is 12.3. The number of benzene rings is 1. The van der Waals surface area contributed by atoms with Gasteiger partial charge in [0.15, 0.2) is 5.78 Å². The number of allylic oxidation sites excluding steroid dienone is 1. The van der Waals surface area contributed by atoms with Crippen molar-refractivity contribution < 1.29 is 4.79 Å². The molecule has 150 valence electrons. The lowest BCUT2D eigenvalue weighted by atomic mass is 9.46. The summed E-state index contributed by atoms with van der Waals surface area (Å²) in [5.74, 6) is 2.98. The summed E-state index contributed by atoms with van der Waals surface area (Å²) in [5, 5.41) is 0. The van der Waals surface area contributed by atoms with E-state index in [0.29, 0.717) is 11.2 Å². The van der Waals surface area contributed by atoms with Gasteiger partial charge in [0, 0.05) is 11.3 Å². The zero-order valence-electron chi connectivity index (χ0n) is 17.5. The third kappa shape index (κ3) is 2.93. The van der Waals surface area contributed by atoms with Gasteiger partial charge in [0.25, 0.3) is 0 Å². The van der Waals surface area contributed by atoms with E-state index in [1.165, 1.54) is 61.0 Å². The second-order valence-electron chi connectivity index (χ2n) is 10.3. The topological polar surface area (TPSA) is 17.1 Å². The number of rotatable bonds is 3. The summed E-state index contributed by atoms with van der Waals surface area (Å²) in [6.45, 7) is 2.59. The van der Waals surface area contributed by atoms with E-state index >= 15 is 0 Å². The van der Waals surface area contributed by atoms with Crippen molar-refractivity contribution in [3.63, 3.8) is 0 Å². The molecule has 5 rings (SSSR count). The Hall–Kier alpha value is -1.02. The predicted octanol–water partition coefficient (Wildman–Crippen LogP) is 6.85. The molecule has 1 aromatic rings. The lowest BCUT2D eigenvalue weighted by molar-refractivity contribution is -0.117. The van der Waals surface area contributed by atoms with Crippen molar-refractivity contribution in [2.45, 2.75) is 76.0 Å². The SMILES string of the molecule is CSc1cccc(C[C@]23CCC(=O)C=C2CC[C@@H]2[C@H]3CC[C@]3(C)CCC[C@@H]23)c1. The summed E-state index contributed by atoms with van der Waals surface area (Å²) in [7, 11) is 0. The first-order valence-corrected chi connectivity index (χ1v) is 12.6. The summed E-state index contributed by atoms with van der Waals surface area (Å²) in [6, 6.07) is 9.18. The molecule has 0 spiro atoms. The minimum absolute atomic E-state index is 0.248. The van der Waals surface area contributed by atoms with Crippen LogP contribution < -0.4 is 0 Å². The molecule has 0 amide bonds. The quantitative estimate of drug-likeness (QED) is 0.521. The predicted molar refractivity (Wildman–Crippen MR) is 118 cm³/mol. The Labute approximate surface area is 174 Å². The van der Waals surface area contributed by atoms with Gasteiger partial charge in [0.05, 0.1) is 0 Å². The number of thioether (sulfide) groups is 1. The van der Waals surface area contributed by atoms with Crippen molar-refractivity contribution in [2.75, 3.05) is 6.26 Å². The fraction of sp³-hybridized carbons (Fsp3) is 0.654. The molecule has 0 aliphatic heterocycles. The summed E-state index contributed by atoms with van der Waals surface area (Å²) in [5.41, 5.74) is 3.85. The minimum Gasteiger partial charge on any atom is -0.295 e. The number of ketones is 1. The van der Waals surface area contributed by atoms with Gasteiger partial charge in [-0.15, -0.1) is 11.8 Å². The number of hydrogen-bond acceptors (Lipinski definition) is 2. The largest absolute Gasteiger partial charge is 0.295 e. The van der Waals surface area contributed by atoms with Crippen LogP contribution in [0.4, 0.5) is 0 Å². The lowest BCUT2D eigenvalue weighted by Gasteiger charge is -2.58. The monoisotopic (exact) mass is 394 g/mol. The molecule has 5 atom stereocenters. The van der Waals surface area contributed by atoms with E-state index in [2.05, 4.69) is 43.5 Å². The smallest absolute Gasteiger partial charge is 0.155 e. The Morgan fingerprint density at radius 2 is 1.96 bits per heavy atom. The van der Waals surface area contributed by atoms with Gasteiger partial charge >= 0.3 is 0 Å². The van der Waals surface area contributed by atoms with Gasteiger partial charge in [0.2, 0.25) is 0 Å². The highest BCUT2D eigenvalue weighted by Gasteiger charge is 2.57. The highest BCUT2D eigenvalue weighted by molar-refractivity contribution is 7.98.